The molecule has 1 saturated heterocycles. The summed E-state index contributed by atoms with van der Waals surface area (Å²) >= 11 is 0. The van der Waals surface area contributed by atoms with Crippen molar-refractivity contribution in [1.82, 2.24) is 10.2 Å². The number of benzene rings is 1. The van der Waals surface area contributed by atoms with Crippen LogP contribution in [0.3, 0.4) is 0 Å². The zero-order valence-corrected chi connectivity index (χ0v) is 20.7. The molecule has 1 unspecified atom stereocenters. The minimum absolute atomic E-state index is 0.119. The molecule has 4 atom stereocenters. The van der Waals surface area contributed by atoms with E-state index in [0.29, 0.717) is 13.0 Å². The minimum Gasteiger partial charge on any atom is -0.494 e. The molecule has 184 valence electrons. The maximum atomic E-state index is 13.6. The number of unbranched alkanes of at least 4 members (excludes halogenated alkanes) is 1. The van der Waals surface area contributed by atoms with Crippen molar-refractivity contribution < 1.29 is 23.9 Å². The van der Waals surface area contributed by atoms with E-state index in [9.17, 15) is 14.4 Å². The van der Waals surface area contributed by atoms with Crippen molar-refractivity contribution in [3.63, 3.8) is 0 Å². The third-order valence-electron chi connectivity index (χ3n) is 5.89. The molecule has 0 saturated carbocycles. The summed E-state index contributed by atoms with van der Waals surface area (Å²) in [4.78, 5) is 39.7. The first-order chi connectivity index (χ1) is 15.4. The first-order valence-corrected chi connectivity index (χ1v) is 11.8. The molecule has 1 aliphatic rings. The van der Waals surface area contributed by atoms with Gasteiger partial charge in [-0.2, -0.15) is 0 Å². The molecule has 1 heterocycles. The number of ether oxygens (including phenoxy) is 2. The van der Waals surface area contributed by atoms with E-state index in [1.165, 1.54) is 4.90 Å². The first-order valence-electron chi connectivity index (χ1n) is 11.8. The fourth-order valence-corrected chi connectivity index (χ4v) is 3.95. The Morgan fingerprint density at radius 2 is 1.82 bits per heavy atom. The van der Waals surface area contributed by atoms with E-state index in [0.717, 1.165) is 24.2 Å². The van der Waals surface area contributed by atoms with Crippen LogP contribution in [0.4, 0.5) is 4.79 Å². The molecule has 0 bridgehead atoms. The van der Waals surface area contributed by atoms with Crippen LogP contribution < -0.4 is 15.8 Å². The molecule has 0 aliphatic carbocycles. The van der Waals surface area contributed by atoms with Gasteiger partial charge in [-0.3, -0.25) is 9.59 Å². The average molecular weight is 462 g/mol. The second kappa shape index (κ2) is 11.4. The van der Waals surface area contributed by atoms with Crippen LogP contribution in [-0.4, -0.2) is 53.1 Å². The summed E-state index contributed by atoms with van der Waals surface area (Å²) in [5, 5.41) is 2.71. The largest absolute Gasteiger partial charge is 0.494 e. The summed E-state index contributed by atoms with van der Waals surface area (Å²) in [6, 6.07) is 5.69. The number of likely N-dealkylation sites (tertiary alicyclic amines) is 1. The average Bonchev–Trinajstić information content (AvgIpc) is 3.02. The summed E-state index contributed by atoms with van der Waals surface area (Å²) in [5.74, 6) is -0.00642. The molecular weight excluding hydrogens is 422 g/mol. The molecule has 8 heteroatoms. The molecule has 0 radical (unpaired) electrons. The van der Waals surface area contributed by atoms with Crippen LogP contribution in [-0.2, 0) is 20.7 Å². The summed E-state index contributed by atoms with van der Waals surface area (Å²) in [6.45, 7) is 11.9. The number of hydrogen-bond acceptors (Lipinski definition) is 5. The molecule has 8 nitrogen and oxygen atoms in total. The summed E-state index contributed by atoms with van der Waals surface area (Å²) < 4.78 is 11.1. The van der Waals surface area contributed by atoms with Crippen LogP contribution in [0.15, 0.2) is 24.3 Å². The normalized spacial score (nSPS) is 21.4. The first kappa shape index (κ1) is 26.5. The zero-order chi connectivity index (χ0) is 24.8. The predicted molar refractivity (Wildman–Crippen MR) is 127 cm³/mol. The van der Waals surface area contributed by atoms with E-state index in [2.05, 4.69) is 12.2 Å². The second-order valence-electron chi connectivity index (χ2n) is 9.87. The Kier molecular flexibility index (Phi) is 9.14. The van der Waals surface area contributed by atoms with Gasteiger partial charge in [-0.05, 0) is 64.2 Å². The number of carbonyl (C=O) groups is 3. The fourth-order valence-electron chi connectivity index (χ4n) is 3.95. The highest BCUT2D eigenvalue weighted by Gasteiger charge is 2.44. The van der Waals surface area contributed by atoms with E-state index in [4.69, 9.17) is 15.2 Å². The highest BCUT2D eigenvalue weighted by atomic mass is 16.6. The zero-order valence-electron chi connectivity index (χ0n) is 20.7. The van der Waals surface area contributed by atoms with Crippen molar-refractivity contribution in [2.45, 2.75) is 91.0 Å². The van der Waals surface area contributed by atoms with Crippen LogP contribution in [0.2, 0.25) is 0 Å². The molecule has 1 fully saturated rings. The maximum Gasteiger partial charge on any atom is 0.408 e. The van der Waals surface area contributed by atoms with Gasteiger partial charge in [-0.1, -0.05) is 32.4 Å². The lowest BCUT2D eigenvalue weighted by atomic mass is 10.0. The Morgan fingerprint density at radius 1 is 1.18 bits per heavy atom. The number of primary amides is 1. The quantitative estimate of drug-likeness (QED) is 0.548. The van der Waals surface area contributed by atoms with Gasteiger partial charge >= 0.3 is 6.09 Å². The molecular formula is C25H39N3O5. The SMILES string of the molecule is CCCCOc1ccc(C[C@H](NC(=O)OC(C)(C)C)C(=O)N2C(C)[C@@H](C)C[C@H]2C(N)=O)cc1. The summed E-state index contributed by atoms with van der Waals surface area (Å²) in [5.41, 5.74) is 5.74. The lowest BCUT2D eigenvalue weighted by molar-refractivity contribution is -0.140. The standard InChI is InChI=1S/C25H39N3O5/c1-7-8-13-32-19-11-9-18(10-12-19)15-20(27-24(31)33-25(4,5)6)23(30)28-17(3)16(2)14-21(28)22(26)29/h9-12,16-17,20-21H,7-8,13-15H2,1-6H3,(H2,26,29)(H,27,31)/t16-,17?,20-,21-/m0/s1. The number of carbonyl (C=O) groups excluding carboxylic acids is 3. The van der Waals surface area contributed by atoms with E-state index >= 15 is 0 Å². The number of nitrogens with zero attached hydrogens (tertiary/aromatic N) is 1. The Labute approximate surface area is 197 Å². The van der Waals surface area contributed by atoms with Crippen molar-refractivity contribution >= 4 is 17.9 Å². The van der Waals surface area contributed by atoms with Crippen molar-refractivity contribution in [2.24, 2.45) is 11.7 Å². The number of alkyl carbamates (subject to hydrolysis) is 1. The number of nitrogens with one attached hydrogen (secondary N) is 1. The van der Waals surface area contributed by atoms with Crippen LogP contribution in [0, 0.1) is 5.92 Å². The van der Waals surface area contributed by atoms with Gasteiger partial charge in [-0.25, -0.2) is 4.79 Å². The van der Waals surface area contributed by atoms with E-state index in [1.807, 2.05) is 38.1 Å². The van der Waals surface area contributed by atoms with Gasteiger partial charge < -0.3 is 25.4 Å². The highest BCUT2D eigenvalue weighted by molar-refractivity contribution is 5.91. The number of hydrogen-bond donors (Lipinski definition) is 2. The van der Waals surface area contributed by atoms with Gasteiger partial charge in [0.25, 0.3) is 0 Å². The van der Waals surface area contributed by atoms with Crippen LogP contribution >= 0.6 is 0 Å². The van der Waals surface area contributed by atoms with Crippen molar-refractivity contribution in [1.29, 1.82) is 0 Å². The van der Waals surface area contributed by atoms with Crippen LogP contribution in [0.5, 0.6) is 5.75 Å². The second-order valence-corrected chi connectivity index (χ2v) is 9.87. The Hall–Kier alpha value is -2.77. The number of rotatable bonds is 9. The van der Waals surface area contributed by atoms with Gasteiger partial charge in [0, 0.05) is 12.5 Å². The molecule has 1 aliphatic heterocycles. The van der Waals surface area contributed by atoms with Gasteiger partial charge in [0.1, 0.15) is 23.4 Å². The van der Waals surface area contributed by atoms with E-state index in [-0.39, 0.29) is 24.3 Å². The smallest absolute Gasteiger partial charge is 0.408 e. The van der Waals surface area contributed by atoms with Crippen LogP contribution in [0.25, 0.3) is 0 Å². The molecule has 3 N–H and O–H groups in total. The highest BCUT2D eigenvalue weighted by Crippen LogP contribution is 2.30. The Bertz CT molecular complexity index is 818. The third-order valence-corrected chi connectivity index (χ3v) is 5.89. The number of amides is 3. The molecule has 33 heavy (non-hydrogen) atoms. The van der Waals surface area contributed by atoms with E-state index < -0.39 is 29.7 Å². The van der Waals surface area contributed by atoms with Gasteiger partial charge in [0.2, 0.25) is 11.8 Å². The van der Waals surface area contributed by atoms with Crippen LogP contribution in [0.1, 0.15) is 66.4 Å². The minimum atomic E-state index is -0.902. The lowest BCUT2D eigenvalue weighted by Crippen LogP contribution is -2.56. The molecule has 1 aromatic carbocycles. The van der Waals surface area contributed by atoms with Crippen molar-refractivity contribution in [3.8, 4) is 5.75 Å². The maximum absolute atomic E-state index is 13.6. The summed E-state index contributed by atoms with van der Waals surface area (Å²) in [7, 11) is 0. The molecule has 2 rings (SSSR count). The fraction of sp³-hybridized carbons (Fsp3) is 0.640. The molecule has 0 spiro atoms. The number of nitrogens with two attached hydrogens (primary N) is 1. The van der Waals surface area contributed by atoms with Gasteiger partial charge in [-0.15, -0.1) is 0 Å². The molecule has 3 amide bonds. The van der Waals surface area contributed by atoms with E-state index in [1.54, 1.807) is 20.8 Å². The Balaban J connectivity index is 2.23. The van der Waals surface area contributed by atoms with Crippen molar-refractivity contribution in [3.05, 3.63) is 29.8 Å². The topological polar surface area (TPSA) is 111 Å². The monoisotopic (exact) mass is 461 g/mol. The predicted octanol–water partition coefficient (Wildman–Crippen LogP) is 3.41. The van der Waals surface area contributed by atoms with Gasteiger partial charge in [0.15, 0.2) is 0 Å². The summed E-state index contributed by atoms with van der Waals surface area (Å²) in [6.07, 6.45) is 2.10. The van der Waals surface area contributed by atoms with Gasteiger partial charge in [0.05, 0.1) is 6.61 Å². The Morgan fingerprint density at radius 3 is 2.36 bits per heavy atom. The molecule has 0 aromatic heterocycles. The van der Waals surface area contributed by atoms with Crippen molar-refractivity contribution in [2.75, 3.05) is 6.61 Å². The third kappa shape index (κ3) is 7.65. The molecule has 1 aromatic rings. The lowest BCUT2D eigenvalue weighted by Gasteiger charge is -2.32.